The molecule has 114 valence electrons. The van der Waals surface area contributed by atoms with E-state index in [1.807, 2.05) is 11.8 Å². The van der Waals surface area contributed by atoms with E-state index >= 15 is 0 Å². The van der Waals surface area contributed by atoms with Crippen LogP contribution in [0.2, 0.25) is 0 Å². The Kier molecular flexibility index (Phi) is 7.52. The second-order valence-electron chi connectivity index (χ2n) is 6.22. The van der Waals surface area contributed by atoms with Gasteiger partial charge in [-0.05, 0) is 38.0 Å². The first kappa shape index (κ1) is 17.4. The molecule has 1 N–H and O–H groups in total. The Bertz CT molecular complexity index is 393. The van der Waals surface area contributed by atoms with E-state index in [0.29, 0.717) is 5.92 Å². The van der Waals surface area contributed by atoms with Crippen LogP contribution in [-0.4, -0.2) is 22.3 Å². The molecule has 0 bridgehead atoms. The van der Waals surface area contributed by atoms with Crippen LogP contribution in [0.4, 0.5) is 0 Å². The monoisotopic (exact) mass is 295 g/mol. The minimum Gasteiger partial charge on any atom is -0.312 e. The smallest absolute Gasteiger partial charge is 0.138 e. The summed E-state index contributed by atoms with van der Waals surface area (Å²) >= 11 is 1.92. The van der Waals surface area contributed by atoms with Crippen LogP contribution in [0.1, 0.15) is 50.5 Å². The summed E-state index contributed by atoms with van der Waals surface area (Å²) in [6.45, 7) is 15.0. The highest BCUT2D eigenvalue weighted by molar-refractivity contribution is 7.98. The number of aryl methyl sites for hydroxylation is 2. The highest BCUT2D eigenvalue weighted by Gasteiger charge is 2.09. The zero-order chi connectivity index (χ0) is 15.1. The first-order valence-electron chi connectivity index (χ1n) is 7.51. The topological polar surface area (TPSA) is 37.8 Å². The van der Waals surface area contributed by atoms with Gasteiger partial charge in [0.15, 0.2) is 0 Å². The van der Waals surface area contributed by atoms with Crippen molar-refractivity contribution in [3.8, 4) is 0 Å². The molecule has 0 aliphatic heterocycles. The lowest BCUT2D eigenvalue weighted by atomic mass is 10.1. The van der Waals surface area contributed by atoms with E-state index in [-0.39, 0.29) is 0 Å². The van der Waals surface area contributed by atoms with Crippen molar-refractivity contribution >= 4 is 11.8 Å². The summed E-state index contributed by atoms with van der Waals surface area (Å²) in [5.41, 5.74) is 3.49. The van der Waals surface area contributed by atoms with Gasteiger partial charge in [0, 0.05) is 23.5 Å². The maximum Gasteiger partial charge on any atom is 0.138 e. The van der Waals surface area contributed by atoms with Crippen LogP contribution in [0.15, 0.2) is 0 Å². The molecule has 0 radical (unpaired) electrons. The third-order valence-electron chi connectivity index (χ3n) is 3.00. The van der Waals surface area contributed by atoms with E-state index in [2.05, 4.69) is 56.8 Å². The molecule has 1 aromatic heterocycles. The van der Waals surface area contributed by atoms with Gasteiger partial charge in [-0.25, -0.2) is 9.97 Å². The van der Waals surface area contributed by atoms with Crippen molar-refractivity contribution in [3.05, 3.63) is 22.8 Å². The first-order valence-corrected chi connectivity index (χ1v) is 8.67. The number of nitrogens with zero attached hydrogens (tertiary/aromatic N) is 2. The Hall–Kier alpha value is -0.610. The maximum atomic E-state index is 4.66. The van der Waals surface area contributed by atoms with Gasteiger partial charge in [-0.1, -0.05) is 27.7 Å². The van der Waals surface area contributed by atoms with Gasteiger partial charge in [-0.2, -0.15) is 11.8 Å². The van der Waals surface area contributed by atoms with Gasteiger partial charge in [0.1, 0.15) is 5.82 Å². The summed E-state index contributed by atoms with van der Waals surface area (Å²) in [6, 6.07) is 0. The number of hydrogen-bond acceptors (Lipinski definition) is 4. The van der Waals surface area contributed by atoms with Crippen molar-refractivity contribution in [1.29, 1.82) is 0 Å². The normalized spacial score (nSPS) is 11.6. The van der Waals surface area contributed by atoms with E-state index in [1.165, 1.54) is 11.3 Å². The molecule has 0 aromatic carbocycles. The molecule has 0 unspecified atom stereocenters. The largest absolute Gasteiger partial charge is 0.312 e. The maximum absolute atomic E-state index is 4.66. The van der Waals surface area contributed by atoms with Gasteiger partial charge in [0.05, 0.1) is 5.75 Å². The fourth-order valence-corrected chi connectivity index (χ4v) is 2.90. The summed E-state index contributed by atoms with van der Waals surface area (Å²) in [5.74, 6) is 4.45. The van der Waals surface area contributed by atoms with Gasteiger partial charge < -0.3 is 5.32 Å². The summed E-state index contributed by atoms with van der Waals surface area (Å²) in [5, 5.41) is 3.48. The number of hydrogen-bond donors (Lipinski definition) is 1. The summed E-state index contributed by atoms with van der Waals surface area (Å²) in [6.07, 6.45) is 0. The highest BCUT2D eigenvalue weighted by atomic mass is 32.2. The number of thioether (sulfide) groups is 1. The lowest BCUT2D eigenvalue weighted by Gasteiger charge is -2.13. The van der Waals surface area contributed by atoms with Gasteiger partial charge in [0.25, 0.3) is 0 Å². The van der Waals surface area contributed by atoms with Crippen molar-refractivity contribution < 1.29 is 0 Å². The predicted octanol–water partition coefficient (Wildman–Crippen LogP) is 3.73. The zero-order valence-corrected chi connectivity index (χ0v) is 14.6. The van der Waals surface area contributed by atoms with Crippen molar-refractivity contribution in [1.82, 2.24) is 15.3 Å². The van der Waals surface area contributed by atoms with E-state index in [9.17, 15) is 0 Å². The Balaban J connectivity index is 2.61. The molecule has 0 spiro atoms. The van der Waals surface area contributed by atoms with Crippen molar-refractivity contribution in [2.24, 2.45) is 11.8 Å². The molecule has 3 nitrogen and oxygen atoms in total. The fourth-order valence-electron chi connectivity index (χ4n) is 2.00. The summed E-state index contributed by atoms with van der Waals surface area (Å²) < 4.78 is 0. The van der Waals surface area contributed by atoms with Crippen LogP contribution < -0.4 is 5.32 Å². The third-order valence-corrected chi connectivity index (χ3v) is 4.37. The lowest BCUT2D eigenvalue weighted by Crippen LogP contribution is -2.21. The van der Waals surface area contributed by atoms with E-state index in [0.717, 1.165) is 42.0 Å². The Morgan fingerprint density at radius 1 is 1.00 bits per heavy atom. The van der Waals surface area contributed by atoms with Crippen LogP contribution in [0.3, 0.4) is 0 Å². The van der Waals surface area contributed by atoms with Crippen LogP contribution in [-0.2, 0) is 12.3 Å². The number of aromatic nitrogens is 2. The van der Waals surface area contributed by atoms with Gasteiger partial charge in [-0.15, -0.1) is 0 Å². The zero-order valence-electron chi connectivity index (χ0n) is 13.8. The van der Waals surface area contributed by atoms with Crippen molar-refractivity contribution in [3.63, 3.8) is 0 Å². The summed E-state index contributed by atoms with van der Waals surface area (Å²) in [4.78, 5) is 9.31. The molecule has 4 heteroatoms. The number of rotatable bonds is 8. The molecule has 20 heavy (non-hydrogen) atoms. The quantitative estimate of drug-likeness (QED) is 0.793. The number of nitrogens with one attached hydrogen (secondary N) is 1. The van der Waals surface area contributed by atoms with Crippen LogP contribution in [0, 0.1) is 25.7 Å². The van der Waals surface area contributed by atoms with Crippen LogP contribution in [0.25, 0.3) is 0 Å². The molecule has 0 amide bonds. The van der Waals surface area contributed by atoms with Crippen molar-refractivity contribution in [2.45, 2.75) is 53.8 Å². The van der Waals surface area contributed by atoms with E-state index in [4.69, 9.17) is 0 Å². The second kappa shape index (κ2) is 8.63. The van der Waals surface area contributed by atoms with E-state index in [1.54, 1.807) is 0 Å². The standard InChI is InChI=1S/C16H29N3S/c1-11(2)7-17-8-15-13(5)18-16(19-14(15)6)10-20-9-12(3)4/h11-12,17H,7-10H2,1-6H3. The molecular formula is C16H29N3S. The van der Waals surface area contributed by atoms with Crippen LogP contribution in [0.5, 0.6) is 0 Å². The molecular weight excluding hydrogens is 266 g/mol. The molecule has 0 saturated carbocycles. The molecule has 0 aliphatic rings. The van der Waals surface area contributed by atoms with Gasteiger partial charge >= 0.3 is 0 Å². The second-order valence-corrected chi connectivity index (χ2v) is 7.25. The van der Waals surface area contributed by atoms with Crippen molar-refractivity contribution in [2.75, 3.05) is 12.3 Å². The Morgan fingerprint density at radius 3 is 2.10 bits per heavy atom. The lowest BCUT2D eigenvalue weighted by molar-refractivity contribution is 0.548. The Labute approximate surface area is 128 Å². The first-order chi connectivity index (χ1) is 9.40. The summed E-state index contributed by atoms with van der Waals surface area (Å²) in [7, 11) is 0. The molecule has 0 atom stereocenters. The fraction of sp³-hybridized carbons (Fsp3) is 0.750. The average molecular weight is 295 g/mol. The molecule has 1 rings (SSSR count). The third kappa shape index (κ3) is 6.23. The van der Waals surface area contributed by atoms with Gasteiger partial charge in [-0.3, -0.25) is 0 Å². The minimum absolute atomic E-state index is 0.670. The highest BCUT2D eigenvalue weighted by Crippen LogP contribution is 2.16. The minimum atomic E-state index is 0.670. The predicted molar refractivity (Wildman–Crippen MR) is 89.1 cm³/mol. The van der Waals surface area contributed by atoms with E-state index < -0.39 is 0 Å². The molecule has 0 saturated heterocycles. The molecule has 1 heterocycles. The van der Waals surface area contributed by atoms with Crippen LogP contribution >= 0.6 is 11.8 Å². The SMILES string of the molecule is Cc1nc(CSCC(C)C)nc(C)c1CNCC(C)C. The Morgan fingerprint density at radius 2 is 1.60 bits per heavy atom. The van der Waals surface area contributed by atoms with Gasteiger partial charge in [0.2, 0.25) is 0 Å². The molecule has 0 fully saturated rings. The molecule has 1 aromatic rings. The average Bonchev–Trinajstić information content (AvgIpc) is 2.32. The molecule has 0 aliphatic carbocycles.